The lowest BCUT2D eigenvalue weighted by molar-refractivity contribution is 0.0428. The van der Waals surface area contributed by atoms with E-state index in [0.717, 1.165) is 43.5 Å². The first-order valence-electron chi connectivity index (χ1n) is 6.26. The first-order valence-corrected chi connectivity index (χ1v) is 6.26. The fraction of sp³-hybridized carbons (Fsp3) is 0.769. The van der Waals surface area contributed by atoms with Crippen molar-refractivity contribution in [3.8, 4) is 0 Å². The van der Waals surface area contributed by atoms with Crippen LogP contribution in [0.15, 0.2) is 6.07 Å². The van der Waals surface area contributed by atoms with Crippen LogP contribution in [0.25, 0.3) is 0 Å². The fourth-order valence-corrected chi connectivity index (χ4v) is 2.78. The van der Waals surface area contributed by atoms with E-state index >= 15 is 0 Å². The number of aliphatic hydroxyl groups is 1. The third-order valence-electron chi connectivity index (χ3n) is 3.73. The molecule has 0 aromatic carbocycles. The van der Waals surface area contributed by atoms with E-state index < -0.39 is 5.60 Å². The standard InChI is InChI=1S/C13H22N2O/c1-4-11-7-12(15(3)14-11)9-13(16)6-5-10(2)8-13/h7,10,16H,4-6,8-9H2,1-3H3. The van der Waals surface area contributed by atoms with Gasteiger partial charge >= 0.3 is 0 Å². The summed E-state index contributed by atoms with van der Waals surface area (Å²) in [6.07, 6.45) is 4.72. The van der Waals surface area contributed by atoms with Gasteiger partial charge in [-0.15, -0.1) is 0 Å². The van der Waals surface area contributed by atoms with Crippen LogP contribution in [0.1, 0.15) is 44.5 Å². The van der Waals surface area contributed by atoms with Crippen molar-refractivity contribution < 1.29 is 5.11 Å². The number of aryl methyl sites for hydroxylation is 2. The molecule has 2 unspecified atom stereocenters. The third kappa shape index (κ3) is 2.29. The molecule has 2 atom stereocenters. The number of hydrogen-bond acceptors (Lipinski definition) is 2. The predicted molar refractivity (Wildman–Crippen MR) is 64.3 cm³/mol. The molecule has 0 spiro atoms. The summed E-state index contributed by atoms with van der Waals surface area (Å²) < 4.78 is 1.92. The van der Waals surface area contributed by atoms with Crippen LogP contribution in [0, 0.1) is 5.92 Å². The molecule has 3 heteroatoms. The molecule has 1 aromatic heterocycles. The van der Waals surface area contributed by atoms with E-state index in [0.29, 0.717) is 5.92 Å². The lowest BCUT2D eigenvalue weighted by Crippen LogP contribution is -2.28. The summed E-state index contributed by atoms with van der Waals surface area (Å²) >= 11 is 0. The van der Waals surface area contributed by atoms with Crippen LogP contribution < -0.4 is 0 Å². The van der Waals surface area contributed by atoms with Gasteiger partial charge in [0.1, 0.15) is 0 Å². The Bertz CT molecular complexity index is 372. The summed E-state index contributed by atoms with van der Waals surface area (Å²) in [5.74, 6) is 0.656. The zero-order valence-corrected chi connectivity index (χ0v) is 10.5. The topological polar surface area (TPSA) is 38.0 Å². The van der Waals surface area contributed by atoms with Gasteiger partial charge in [0.05, 0.1) is 11.3 Å². The van der Waals surface area contributed by atoms with E-state index in [2.05, 4.69) is 25.0 Å². The average Bonchev–Trinajstić information content (AvgIpc) is 2.72. The Labute approximate surface area is 97.5 Å². The SMILES string of the molecule is CCc1cc(CC2(O)CCC(C)C2)n(C)n1. The van der Waals surface area contributed by atoms with Crippen molar-refractivity contribution in [1.82, 2.24) is 9.78 Å². The molecule has 1 aliphatic carbocycles. The van der Waals surface area contributed by atoms with E-state index in [1.54, 1.807) is 0 Å². The number of hydrogen-bond donors (Lipinski definition) is 1. The maximum atomic E-state index is 10.5. The molecule has 90 valence electrons. The minimum Gasteiger partial charge on any atom is -0.389 e. The second kappa shape index (κ2) is 4.21. The molecule has 1 aliphatic rings. The summed E-state index contributed by atoms with van der Waals surface area (Å²) in [6.45, 7) is 4.33. The van der Waals surface area contributed by atoms with Gasteiger partial charge in [-0.2, -0.15) is 5.10 Å². The van der Waals surface area contributed by atoms with Gasteiger partial charge in [0, 0.05) is 19.2 Å². The van der Waals surface area contributed by atoms with Crippen LogP contribution in [-0.4, -0.2) is 20.5 Å². The molecule has 0 saturated heterocycles. The summed E-state index contributed by atoms with van der Waals surface area (Å²) in [4.78, 5) is 0. The molecule has 0 amide bonds. The highest BCUT2D eigenvalue weighted by Crippen LogP contribution is 2.36. The second-order valence-electron chi connectivity index (χ2n) is 5.35. The van der Waals surface area contributed by atoms with E-state index in [9.17, 15) is 5.11 Å². The fourth-order valence-electron chi connectivity index (χ4n) is 2.78. The van der Waals surface area contributed by atoms with E-state index in [1.165, 1.54) is 0 Å². The van der Waals surface area contributed by atoms with Crippen molar-refractivity contribution in [2.45, 2.75) is 51.6 Å². The lowest BCUT2D eigenvalue weighted by Gasteiger charge is -2.22. The van der Waals surface area contributed by atoms with Gasteiger partial charge in [0.15, 0.2) is 0 Å². The van der Waals surface area contributed by atoms with E-state index in [4.69, 9.17) is 0 Å². The zero-order chi connectivity index (χ0) is 11.8. The molecular weight excluding hydrogens is 200 g/mol. The molecule has 2 rings (SSSR count). The van der Waals surface area contributed by atoms with Crippen LogP contribution in [0.4, 0.5) is 0 Å². The highest BCUT2D eigenvalue weighted by atomic mass is 16.3. The number of aromatic nitrogens is 2. The normalized spacial score (nSPS) is 29.9. The van der Waals surface area contributed by atoms with Gasteiger partial charge in [0.2, 0.25) is 0 Å². The molecule has 1 saturated carbocycles. The van der Waals surface area contributed by atoms with Gasteiger partial charge < -0.3 is 5.11 Å². The van der Waals surface area contributed by atoms with Crippen molar-refractivity contribution in [1.29, 1.82) is 0 Å². The Morgan fingerprint density at radius 1 is 1.62 bits per heavy atom. The van der Waals surface area contributed by atoms with Crippen LogP contribution >= 0.6 is 0 Å². The monoisotopic (exact) mass is 222 g/mol. The highest BCUT2D eigenvalue weighted by Gasteiger charge is 2.36. The van der Waals surface area contributed by atoms with Crippen LogP contribution in [0.2, 0.25) is 0 Å². The van der Waals surface area contributed by atoms with E-state index in [-0.39, 0.29) is 0 Å². The Morgan fingerprint density at radius 2 is 2.38 bits per heavy atom. The van der Waals surface area contributed by atoms with Gasteiger partial charge in [-0.05, 0) is 37.7 Å². The van der Waals surface area contributed by atoms with Gasteiger partial charge in [-0.1, -0.05) is 13.8 Å². The molecule has 16 heavy (non-hydrogen) atoms. The van der Waals surface area contributed by atoms with Crippen molar-refractivity contribution in [2.75, 3.05) is 0 Å². The van der Waals surface area contributed by atoms with Crippen LogP contribution in [-0.2, 0) is 19.9 Å². The number of rotatable bonds is 3. The Morgan fingerprint density at radius 3 is 2.88 bits per heavy atom. The highest BCUT2D eigenvalue weighted by molar-refractivity contribution is 5.13. The summed E-state index contributed by atoms with van der Waals surface area (Å²) in [5.41, 5.74) is 1.79. The molecule has 1 aromatic rings. The lowest BCUT2D eigenvalue weighted by atomic mass is 9.94. The smallest absolute Gasteiger partial charge is 0.0705 e. The molecule has 1 heterocycles. The van der Waals surface area contributed by atoms with E-state index in [1.807, 2.05) is 11.7 Å². The van der Waals surface area contributed by atoms with Crippen molar-refractivity contribution in [3.05, 3.63) is 17.5 Å². The van der Waals surface area contributed by atoms with Crippen molar-refractivity contribution in [3.63, 3.8) is 0 Å². The predicted octanol–water partition coefficient (Wildman–Crippen LogP) is 2.08. The first kappa shape index (κ1) is 11.6. The van der Waals surface area contributed by atoms with Gasteiger partial charge in [0.25, 0.3) is 0 Å². The molecule has 0 radical (unpaired) electrons. The first-order chi connectivity index (χ1) is 7.52. The molecule has 3 nitrogen and oxygen atoms in total. The van der Waals surface area contributed by atoms with Gasteiger partial charge in [-0.25, -0.2) is 0 Å². The molecule has 0 aliphatic heterocycles. The summed E-state index contributed by atoms with van der Waals surface area (Å²) in [6, 6.07) is 2.13. The zero-order valence-electron chi connectivity index (χ0n) is 10.5. The summed E-state index contributed by atoms with van der Waals surface area (Å²) in [5, 5.41) is 14.9. The second-order valence-corrected chi connectivity index (χ2v) is 5.35. The van der Waals surface area contributed by atoms with Crippen molar-refractivity contribution >= 4 is 0 Å². The maximum Gasteiger partial charge on any atom is 0.0705 e. The third-order valence-corrected chi connectivity index (χ3v) is 3.73. The Balaban J connectivity index is 2.11. The van der Waals surface area contributed by atoms with Crippen molar-refractivity contribution in [2.24, 2.45) is 13.0 Å². The Kier molecular flexibility index (Phi) is 3.06. The van der Waals surface area contributed by atoms with Gasteiger partial charge in [-0.3, -0.25) is 4.68 Å². The minimum atomic E-state index is -0.488. The molecular formula is C13H22N2O. The Hall–Kier alpha value is -0.830. The average molecular weight is 222 g/mol. The molecule has 1 fully saturated rings. The number of nitrogens with zero attached hydrogens (tertiary/aromatic N) is 2. The molecule has 0 bridgehead atoms. The minimum absolute atomic E-state index is 0.488. The quantitative estimate of drug-likeness (QED) is 0.850. The van der Waals surface area contributed by atoms with Crippen LogP contribution in [0.5, 0.6) is 0 Å². The largest absolute Gasteiger partial charge is 0.389 e. The summed E-state index contributed by atoms with van der Waals surface area (Å²) in [7, 11) is 1.97. The maximum absolute atomic E-state index is 10.5. The molecule has 1 N–H and O–H groups in total. The van der Waals surface area contributed by atoms with Crippen LogP contribution in [0.3, 0.4) is 0 Å².